The molecule has 0 aromatic heterocycles. The summed E-state index contributed by atoms with van der Waals surface area (Å²) in [5.74, 6) is -0.495. The van der Waals surface area contributed by atoms with E-state index in [1.54, 1.807) is 0 Å². The third-order valence-electron chi connectivity index (χ3n) is 4.24. The number of ether oxygens (including phenoxy) is 1. The first-order valence-corrected chi connectivity index (χ1v) is 8.62. The van der Waals surface area contributed by atoms with Crippen LogP contribution in [0.4, 0.5) is 4.79 Å². The minimum Gasteiger partial charge on any atom is -0.447 e. The summed E-state index contributed by atoms with van der Waals surface area (Å²) >= 11 is 0. The van der Waals surface area contributed by atoms with Crippen molar-refractivity contribution in [1.82, 2.24) is 4.90 Å². The third-order valence-corrected chi connectivity index (χ3v) is 4.24. The second-order valence-corrected chi connectivity index (χ2v) is 6.03. The standard InChI is InChI=1S/C14H17NO3.C7H8/c1-3-11-6-4-5-7-12(11)10(2)13(16)15-8-9-18-14(15)17;1-7-5-3-2-4-6-7/h4-7,10H,3,8-9H2,1-2H3;2-6H,1H3/t10-;/m1./s1. The molecule has 0 N–H and O–H groups in total. The number of hydrogen-bond acceptors (Lipinski definition) is 3. The zero-order valence-electron chi connectivity index (χ0n) is 15.1. The van der Waals surface area contributed by atoms with E-state index < -0.39 is 6.09 Å². The van der Waals surface area contributed by atoms with Gasteiger partial charge in [-0.1, -0.05) is 67.1 Å². The number of aryl methyl sites for hydroxylation is 2. The molecule has 2 amide bonds. The van der Waals surface area contributed by atoms with Crippen LogP contribution in [0.25, 0.3) is 0 Å². The Hall–Kier alpha value is -2.62. The van der Waals surface area contributed by atoms with Gasteiger partial charge in [-0.2, -0.15) is 0 Å². The molecule has 0 aliphatic carbocycles. The van der Waals surface area contributed by atoms with Crippen LogP contribution in [0.3, 0.4) is 0 Å². The van der Waals surface area contributed by atoms with E-state index in [9.17, 15) is 9.59 Å². The molecule has 2 aromatic carbocycles. The Morgan fingerprint density at radius 1 is 1.12 bits per heavy atom. The fourth-order valence-electron chi connectivity index (χ4n) is 2.77. The summed E-state index contributed by atoms with van der Waals surface area (Å²) in [6.07, 6.45) is 0.346. The highest BCUT2D eigenvalue weighted by Gasteiger charge is 2.32. The van der Waals surface area contributed by atoms with Crippen LogP contribution in [0.5, 0.6) is 0 Å². The number of nitrogens with zero attached hydrogens (tertiary/aromatic N) is 1. The number of amides is 2. The summed E-state index contributed by atoms with van der Waals surface area (Å²) in [7, 11) is 0. The van der Waals surface area contributed by atoms with Gasteiger partial charge in [-0.15, -0.1) is 0 Å². The molecule has 1 aliphatic heterocycles. The Bertz CT molecular complexity index is 712. The summed E-state index contributed by atoms with van der Waals surface area (Å²) in [5.41, 5.74) is 3.46. The van der Waals surface area contributed by atoms with Crippen LogP contribution >= 0.6 is 0 Å². The first-order valence-electron chi connectivity index (χ1n) is 8.62. The van der Waals surface area contributed by atoms with Crippen LogP contribution in [0, 0.1) is 6.92 Å². The SMILES string of the molecule is CCc1ccccc1[C@@H](C)C(=O)N1CCOC1=O.Cc1ccccc1. The molecular formula is C21H25NO3. The monoisotopic (exact) mass is 339 g/mol. The molecule has 1 heterocycles. The lowest BCUT2D eigenvalue weighted by Gasteiger charge is -2.19. The van der Waals surface area contributed by atoms with Gasteiger partial charge in [0.15, 0.2) is 0 Å². The van der Waals surface area contributed by atoms with Crippen LogP contribution in [0.15, 0.2) is 54.6 Å². The van der Waals surface area contributed by atoms with Gasteiger partial charge in [0.2, 0.25) is 5.91 Å². The molecule has 0 unspecified atom stereocenters. The Labute approximate surface area is 149 Å². The fraction of sp³-hybridized carbons (Fsp3) is 0.333. The molecule has 2 aromatic rings. The van der Waals surface area contributed by atoms with E-state index in [1.807, 2.05) is 49.4 Å². The predicted octanol–water partition coefficient (Wildman–Crippen LogP) is 4.33. The molecule has 1 fully saturated rings. The van der Waals surface area contributed by atoms with Crippen LogP contribution in [-0.4, -0.2) is 30.1 Å². The van der Waals surface area contributed by atoms with E-state index in [2.05, 4.69) is 26.0 Å². The molecule has 0 radical (unpaired) electrons. The highest BCUT2D eigenvalue weighted by atomic mass is 16.6. The Morgan fingerprint density at radius 2 is 1.76 bits per heavy atom. The highest BCUT2D eigenvalue weighted by Crippen LogP contribution is 2.23. The Balaban J connectivity index is 0.000000269. The molecule has 0 bridgehead atoms. The second-order valence-electron chi connectivity index (χ2n) is 6.03. The molecule has 0 spiro atoms. The maximum Gasteiger partial charge on any atom is 0.416 e. The maximum atomic E-state index is 12.2. The molecule has 0 saturated carbocycles. The van der Waals surface area contributed by atoms with E-state index in [-0.39, 0.29) is 11.8 Å². The van der Waals surface area contributed by atoms with Crippen molar-refractivity contribution in [3.63, 3.8) is 0 Å². The van der Waals surface area contributed by atoms with Crippen LogP contribution < -0.4 is 0 Å². The number of benzene rings is 2. The van der Waals surface area contributed by atoms with Crippen molar-refractivity contribution in [3.8, 4) is 0 Å². The summed E-state index contributed by atoms with van der Waals surface area (Å²) in [6.45, 7) is 6.63. The van der Waals surface area contributed by atoms with E-state index in [0.29, 0.717) is 13.2 Å². The minimum atomic E-state index is -0.527. The van der Waals surface area contributed by atoms with Crippen LogP contribution in [-0.2, 0) is 16.0 Å². The van der Waals surface area contributed by atoms with Gasteiger partial charge in [-0.25, -0.2) is 9.69 Å². The Kier molecular flexibility index (Phi) is 6.75. The van der Waals surface area contributed by atoms with E-state index in [0.717, 1.165) is 17.5 Å². The van der Waals surface area contributed by atoms with E-state index >= 15 is 0 Å². The second kappa shape index (κ2) is 9.02. The van der Waals surface area contributed by atoms with Gasteiger partial charge in [0.05, 0.1) is 12.5 Å². The first-order chi connectivity index (χ1) is 12.0. The zero-order valence-corrected chi connectivity index (χ0v) is 15.1. The molecule has 4 nitrogen and oxygen atoms in total. The van der Waals surface area contributed by atoms with Crippen molar-refractivity contribution >= 4 is 12.0 Å². The van der Waals surface area contributed by atoms with Gasteiger partial charge in [-0.05, 0) is 31.4 Å². The molecular weight excluding hydrogens is 314 g/mol. The van der Waals surface area contributed by atoms with Crippen molar-refractivity contribution in [2.45, 2.75) is 33.1 Å². The number of imide groups is 1. The van der Waals surface area contributed by atoms with Crippen molar-refractivity contribution in [3.05, 3.63) is 71.3 Å². The number of cyclic esters (lactones) is 1. The number of carbonyl (C=O) groups excluding carboxylic acids is 2. The zero-order chi connectivity index (χ0) is 18.2. The summed E-state index contributed by atoms with van der Waals surface area (Å²) in [5, 5.41) is 0. The molecule has 1 atom stereocenters. The number of rotatable bonds is 3. The number of carbonyl (C=O) groups is 2. The van der Waals surface area contributed by atoms with Crippen molar-refractivity contribution < 1.29 is 14.3 Å². The average Bonchev–Trinajstić information content (AvgIpc) is 3.07. The maximum absolute atomic E-state index is 12.2. The van der Waals surface area contributed by atoms with Crippen molar-refractivity contribution in [2.75, 3.05) is 13.2 Å². The van der Waals surface area contributed by atoms with Gasteiger partial charge in [0.25, 0.3) is 0 Å². The van der Waals surface area contributed by atoms with Crippen LogP contribution in [0.1, 0.15) is 36.5 Å². The lowest BCUT2D eigenvalue weighted by molar-refractivity contribution is -0.128. The summed E-state index contributed by atoms with van der Waals surface area (Å²) in [4.78, 5) is 24.8. The van der Waals surface area contributed by atoms with Gasteiger partial charge in [-0.3, -0.25) is 4.79 Å². The first kappa shape index (κ1) is 18.7. The molecule has 132 valence electrons. The average molecular weight is 339 g/mol. The highest BCUT2D eigenvalue weighted by molar-refractivity contribution is 5.96. The van der Waals surface area contributed by atoms with Crippen LogP contribution in [0.2, 0.25) is 0 Å². The van der Waals surface area contributed by atoms with E-state index in [4.69, 9.17) is 4.74 Å². The van der Waals surface area contributed by atoms with Gasteiger partial charge in [0, 0.05) is 0 Å². The normalized spacial score (nSPS) is 14.4. The topological polar surface area (TPSA) is 46.6 Å². The quantitative estimate of drug-likeness (QED) is 0.836. The Morgan fingerprint density at radius 3 is 2.28 bits per heavy atom. The lowest BCUT2D eigenvalue weighted by Crippen LogP contribution is -2.35. The molecule has 4 heteroatoms. The van der Waals surface area contributed by atoms with Gasteiger partial charge in [0.1, 0.15) is 6.61 Å². The van der Waals surface area contributed by atoms with Gasteiger partial charge >= 0.3 is 6.09 Å². The summed E-state index contributed by atoms with van der Waals surface area (Å²) in [6, 6.07) is 18.1. The predicted molar refractivity (Wildman–Crippen MR) is 98.5 cm³/mol. The number of hydrogen-bond donors (Lipinski definition) is 0. The third kappa shape index (κ3) is 4.92. The van der Waals surface area contributed by atoms with Crippen molar-refractivity contribution in [2.24, 2.45) is 0 Å². The molecule has 3 rings (SSSR count). The largest absolute Gasteiger partial charge is 0.447 e. The lowest BCUT2D eigenvalue weighted by atomic mass is 9.93. The fourth-order valence-corrected chi connectivity index (χ4v) is 2.77. The molecule has 1 saturated heterocycles. The van der Waals surface area contributed by atoms with Crippen molar-refractivity contribution in [1.29, 1.82) is 0 Å². The molecule has 1 aliphatic rings. The minimum absolute atomic E-state index is 0.182. The molecule has 25 heavy (non-hydrogen) atoms. The van der Waals surface area contributed by atoms with Gasteiger partial charge < -0.3 is 4.74 Å². The van der Waals surface area contributed by atoms with E-state index in [1.165, 1.54) is 10.5 Å². The smallest absolute Gasteiger partial charge is 0.416 e. The summed E-state index contributed by atoms with van der Waals surface area (Å²) < 4.78 is 4.80.